The number of halogens is 1. The average Bonchev–Trinajstić information content (AvgIpc) is 2.31. The summed E-state index contributed by atoms with van der Waals surface area (Å²) in [5.74, 6) is 0. The maximum atomic E-state index is 4.91. The number of nitrogens with one attached hydrogen (secondary N) is 1. The van der Waals surface area contributed by atoms with E-state index < -0.39 is 0 Å². The van der Waals surface area contributed by atoms with E-state index in [1.165, 1.54) is 0 Å². The zero-order chi connectivity index (χ0) is 7.84. The summed E-state index contributed by atoms with van der Waals surface area (Å²) in [4.78, 5) is 4.16. The van der Waals surface area contributed by atoms with E-state index in [-0.39, 0.29) is 6.04 Å². The van der Waals surface area contributed by atoms with Crippen LogP contribution in [0.15, 0.2) is 27.7 Å². The van der Waals surface area contributed by atoms with Gasteiger partial charge in [0.15, 0.2) is 5.11 Å². The molecular formula is C7H5BrN2S. The Kier molecular flexibility index (Phi) is 1.65. The van der Waals surface area contributed by atoms with Crippen LogP contribution in [0.25, 0.3) is 0 Å². The van der Waals surface area contributed by atoms with E-state index in [0.29, 0.717) is 5.11 Å². The number of hydrogen-bond acceptors (Lipinski definition) is 1. The first kappa shape index (κ1) is 7.18. The number of allylic oxidation sites excluding steroid dienone is 2. The summed E-state index contributed by atoms with van der Waals surface area (Å²) in [6.45, 7) is 0. The van der Waals surface area contributed by atoms with Gasteiger partial charge in [-0.25, -0.2) is 4.99 Å². The molecule has 1 N–H and O–H groups in total. The van der Waals surface area contributed by atoms with Gasteiger partial charge in [-0.05, 0) is 34.2 Å². The molecule has 11 heavy (non-hydrogen) atoms. The lowest BCUT2D eigenvalue weighted by Gasteiger charge is -2.10. The van der Waals surface area contributed by atoms with Gasteiger partial charge in [0.05, 0.1) is 11.8 Å². The fourth-order valence-electron chi connectivity index (χ4n) is 1.09. The fraction of sp³-hybridized carbons (Fsp3) is 0.143. The minimum atomic E-state index is 0.182. The standard InChI is InChI=1S/C7H5BrN2S/c8-4-2-1-3-5-6(4)10-7(11)9-5/h1-3,5H,(H,9,11). The lowest BCUT2D eigenvalue weighted by Crippen LogP contribution is -2.30. The highest BCUT2D eigenvalue weighted by atomic mass is 79.9. The molecule has 0 spiro atoms. The summed E-state index contributed by atoms with van der Waals surface area (Å²) >= 11 is 8.31. The second-order valence-corrected chi connectivity index (χ2v) is 3.56. The van der Waals surface area contributed by atoms with Crippen molar-refractivity contribution in [3.63, 3.8) is 0 Å². The monoisotopic (exact) mass is 228 g/mol. The highest BCUT2D eigenvalue weighted by molar-refractivity contribution is 9.12. The number of hydrogen-bond donors (Lipinski definition) is 1. The van der Waals surface area contributed by atoms with Gasteiger partial charge in [-0.3, -0.25) is 0 Å². The summed E-state index contributed by atoms with van der Waals surface area (Å²) in [5, 5.41) is 3.63. The van der Waals surface area contributed by atoms with Gasteiger partial charge >= 0.3 is 0 Å². The zero-order valence-corrected chi connectivity index (χ0v) is 7.95. The predicted octanol–water partition coefficient (Wildman–Crippen LogP) is 1.53. The van der Waals surface area contributed by atoms with Crippen LogP contribution in [0.3, 0.4) is 0 Å². The zero-order valence-electron chi connectivity index (χ0n) is 5.54. The van der Waals surface area contributed by atoms with Crippen molar-refractivity contribution >= 4 is 39.0 Å². The number of aliphatic imine (C=N–C) groups is 1. The third-order valence-corrected chi connectivity index (χ3v) is 2.47. The number of rotatable bonds is 0. The van der Waals surface area contributed by atoms with Gasteiger partial charge in [-0.15, -0.1) is 0 Å². The van der Waals surface area contributed by atoms with Crippen molar-refractivity contribution in [2.45, 2.75) is 6.04 Å². The van der Waals surface area contributed by atoms with Crippen molar-refractivity contribution in [1.29, 1.82) is 0 Å². The van der Waals surface area contributed by atoms with E-state index >= 15 is 0 Å². The fourth-order valence-corrected chi connectivity index (χ4v) is 1.80. The Hall–Kier alpha value is -0.480. The van der Waals surface area contributed by atoms with Crippen LogP contribution in [0.4, 0.5) is 0 Å². The first-order valence-electron chi connectivity index (χ1n) is 3.21. The molecular weight excluding hydrogens is 224 g/mol. The number of fused-ring (bicyclic) bond motifs is 1. The smallest absolute Gasteiger partial charge is 0.193 e. The molecule has 0 amide bonds. The van der Waals surface area contributed by atoms with Crippen LogP contribution in [0, 0.1) is 0 Å². The van der Waals surface area contributed by atoms with Crippen molar-refractivity contribution in [2.24, 2.45) is 4.99 Å². The summed E-state index contributed by atoms with van der Waals surface area (Å²) in [6.07, 6.45) is 5.97. The van der Waals surface area contributed by atoms with Crippen molar-refractivity contribution in [3.8, 4) is 0 Å². The van der Waals surface area contributed by atoms with Crippen molar-refractivity contribution in [1.82, 2.24) is 5.32 Å². The number of nitrogens with zero attached hydrogens (tertiary/aromatic N) is 1. The van der Waals surface area contributed by atoms with Gasteiger partial charge in [0.2, 0.25) is 0 Å². The number of thiocarbonyl (C=S) groups is 1. The van der Waals surface area contributed by atoms with E-state index in [1.807, 2.05) is 18.2 Å². The molecule has 0 aromatic heterocycles. The Balaban J connectivity index is 2.43. The molecule has 0 saturated heterocycles. The Morgan fingerprint density at radius 3 is 3.18 bits per heavy atom. The van der Waals surface area contributed by atoms with Crippen LogP contribution in [-0.2, 0) is 0 Å². The summed E-state index contributed by atoms with van der Waals surface area (Å²) < 4.78 is 1.01. The predicted molar refractivity (Wildman–Crippen MR) is 53.1 cm³/mol. The van der Waals surface area contributed by atoms with Gasteiger partial charge < -0.3 is 5.32 Å². The molecule has 0 radical (unpaired) electrons. The Morgan fingerprint density at radius 1 is 1.64 bits per heavy atom. The summed E-state index contributed by atoms with van der Waals surface area (Å²) in [5.41, 5.74) is 0.984. The molecule has 0 saturated carbocycles. The molecule has 1 atom stereocenters. The second-order valence-electron chi connectivity index (χ2n) is 2.32. The summed E-state index contributed by atoms with van der Waals surface area (Å²) in [6, 6.07) is 0.182. The highest BCUT2D eigenvalue weighted by Crippen LogP contribution is 2.19. The van der Waals surface area contributed by atoms with Crippen LogP contribution >= 0.6 is 28.1 Å². The third kappa shape index (κ3) is 1.16. The van der Waals surface area contributed by atoms with Gasteiger partial charge in [0, 0.05) is 4.48 Å². The average molecular weight is 229 g/mol. The summed E-state index contributed by atoms with van der Waals surface area (Å²) in [7, 11) is 0. The Bertz CT molecular complexity index is 304. The normalized spacial score (nSPS) is 27.4. The minimum Gasteiger partial charge on any atom is -0.349 e. The van der Waals surface area contributed by atoms with Crippen LogP contribution in [0.1, 0.15) is 0 Å². The quantitative estimate of drug-likeness (QED) is 0.637. The molecule has 1 heterocycles. The molecule has 4 heteroatoms. The van der Waals surface area contributed by atoms with Gasteiger partial charge in [0.1, 0.15) is 0 Å². The lowest BCUT2D eigenvalue weighted by atomic mass is 10.1. The topological polar surface area (TPSA) is 24.4 Å². The van der Waals surface area contributed by atoms with E-state index in [0.717, 1.165) is 10.2 Å². The molecule has 0 aromatic carbocycles. The molecule has 2 rings (SSSR count). The molecule has 1 unspecified atom stereocenters. The first-order valence-corrected chi connectivity index (χ1v) is 4.41. The third-order valence-electron chi connectivity index (χ3n) is 1.59. The van der Waals surface area contributed by atoms with E-state index in [4.69, 9.17) is 12.2 Å². The molecule has 0 bridgehead atoms. The lowest BCUT2D eigenvalue weighted by molar-refractivity contribution is 0.964. The first-order chi connectivity index (χ1) is 5.27. The van der Waals surface area contributed by atoms with E-state index in [9.17, 15) is 0 Å². The van der Waals surface area contributed by atoms with Crippen LogP contribution in [0.5, 0.6) is 0 Å². The van der Waals surface area contributed by atoms with Gasteiger partial charge in [-0.2, -0.15) is 0 Å². The SMILES string of the molecule is S=C1N=C2C(Br)=CC=CC2N1. The van der Waals surface area contributed by atoms with Crippen LogP contribution < -0.4 is 5.32 Å². The largest absolute Gasteiger partial charge is 0.349 e. The molecule has 0 aromatic rings. The van der Waals surface area contributed by atoms with E-state index in [1.54, 1.807) is 0 Å². The molecule has 2 nitrogen and oxygen atoms in total. The van der Waals surface area contributed by atoms with Crippen LogP contribution in [-0.4, -0.2) is 16.9 Å². The maximum absolute atomic E-state index is 4.91. The van der Waals surface area contributed by atoms with Crippen molar-refractivity contribution in [3.05, 3.63) is 22.7 Å². The molecule has 56 valence electrons. The van der Waals surface area contributed by atoms with Crippen molar-refractivity contribution in [2.75, 3.05) is 0 Å². The molecule has 2 aliphatic rings. The highest BCUT2D eigenvalue weighted by Gasteiger charge is 2.24. The van der Waals surface area contributed by atoms with Gasteiger partial charge in [0.25, 0.3) is 0 Å². The Morgan fingerprint density at radius 2 is 2.45 bits per heavy atom. The Labute approximate surface area is 78.2 Å². The minimum absolute atomic E-state index is 0.182. The molecule has 1 aliphatic heterocycles. The van der Waals surface area contributed by atoms with Crippen LogP contribution in [0.2, 0.25) is 0 Å². The molecule has 1 aliphatic carbocycles. The van der Waals surface area contributed by atoms with E-state index in [2.05, 4.69) is 26.2 Å². The van der Waals surface area contributed by atoms with Crippen molar-refractivity contribution < 1.29 is 0 Å². The molecule has 0 fully saturated rings. The maximum Gasteiger partial charge on any atom is 0.193 e. The van der Waals surface area contributed by atoms with Gasteiger partial charge in [-0.1, -0.05) is 12.2 Å². The second kappa shape index (κ2) is 2.53.